The second-order valence-electron chi connectivity index (χ2n) is 6.30. The van der Waals surface area contributed by atoms with Gasteiger partial charge in [0.1, 0.15) is 0 Å². The summed E-state index contributed by atoms with van der Waals surface area (Å²) >= 11 is 6.37. The molecule has 1 aromatic heterocycles. The fourth-order valence-corrected chi connectivity index (χ4v) is 3.71. The smallest absolute Gasteiger partial charge is 0.0530 e. The zero-order valence-electron chi connectivity index (χ0n) is 12.0. The number of rotatable bonds is 4. The molecular formula is C18H19ClN2. The molecule has 2 aliphatic rings. The number of pyridine rings is 1. The zero-order valence-corrected chi connectivity index (χ0v) is 12.8. The van der Waals surface area contributed by atoms with Crippen molar-refractivity contribution in [1.29, 1.82) is 0 Å². The van der Waals surface area contributed by atoms with Crippen molar-refractivity contribution in [2.75, 3.05) is 11.9 Å². The minimum absolute atomic E-state index is 0.220. The second kappa shape index (κ2) is 5.03. The Morgan fingerprint density at radius 3 is 2.86 bits per heavy atom. The average molecular weight is 299 g/mol. The van der Waals surface area contributed by atoms with Gasteiger partial charge in [0, 0.05) is 22.7 Å². The fraction of sp³-hybridized carbons (Fsp3) is 0.389. The number of benzene rings is 1. The highest BCUT2D eigenvalue weighted by Gasteiger charge is 2.45. The predicted octanol–water partition coefficient (Wildman–Crippen LogP) is 4.37. The third kappa shape index (κ3) is 2.42. The highest BCUT2D eigenvalue weighted by Crippen LogP contribution is 2.50. The van der Waals surface area contributed by atoms with Crippen molar-refractivity contribution in [1.82, 2.24) is 4.98 Å². The molecule has 2 aliphatic carbocycles. The topological polar surface area (TPSA) is 24.9 Å². The zero-order chi connectivity index (χ0) is 14.3. The molecule has 108 valence electrons. The van der Waals surface area contributed by atoms with E-state index in [1.807, 2.05) is 18.3 Å². The third-order valence-corrected chi connectivity index (χ3v) is 5.18. The lowest BCUT2D eigenvalue weighted by molar-refractivity contribution is 0.732. The van der Waals surface area contributed by atoms with Crippen LogP contribution in [-0.4, -0.2) is 11.5 Å². The van der Waals surface area contributed by atoms with Crippen molar-refractivity contribution >= 4 is 17.3 Å². The number of anilines is 1. The van der Waals surface area contributed by atoms with E-state index in [0.717, 1.165) is 23.7 Å². The van der Waals surface area contributed by atoms with Crippen LogP contribution >= 0.6 is 11.6 Å². The van der Waals surface area contributed by atoms with Crippen molar-refractivity contribution < 1.29 is 0 Å². The number of fused-ring (bicyclic) bond motifs is 1. The number of halogens is 1. The number of nitrogens with one attached hydrogen (secondary N) is 1. The third-order valence-electron chi connectivity index (χ3n) is 4.85. The van der Waals surface area contributed by atoms with Crippen LogP contribution in [-0.2, 0) is 18.3 Å². The Bertz CT molecular complexity index is 677. The molecule has 2 nitrogen and oxygen atoms in total. The van der Waals surface area contributed by atoms with Gasteiger partial charge in [-0.15, -0.1) is 0 Å². The van der Waals surface area contributed by atoms with E-state index in [0.29, 0.717) is 0 Å². The number of aryl methyl sites for hydroxylation is 2. The lowest BCUT2D eigenvalue weighted by Crippen LogP contribution is -2.20. The fourth-order valence-electron chi connectivity index (χ4n) is 3.38. The van der Waals surface area contributed by atoms with E-state index < -0.39 is 0 Å². The largest absolute Gasteiger partial charge is 0.383 e. The van der Waals surface area contributed by atoms with Crippen LogP contribution in [0.25, 0.3) is 0 Å². The van der Waals surface area contributed by atoms with Crippen molar-refractivity contribution in [2.24, 2.45) is 0 Å². The van der Waals surface area contributed by atoms with Crippen LogP contribution in [0.1, 0.15) is 36.1 Å². The Morgan fingerprint density at radius 2 is 2.05 bits per heavy atom. The molecule has 1 fully saturated rings. The van der Waals surface area contributed by atoms with Crippen molar-refractivity contribution in [3.63, 3.8) is 0 Å². The van der Waals surface area contributed by atoms with Gasteiger partial charge in [0.25, 0.3) is 0 Å². The van der Waals surface area contributed by atoms with E-state index in [1.165, 1.54) is 42.5 Å². The summed E-state index contributed by atoms with van der Waals surface area (Å²) in [5.41, 5.74) is 5.36. The predicted molar refractivity (Wildman–Crippen MR) is 87.1 cm³/mol. The van der Waals surface area contributed by atoms with Crippen LogP contribution < -0.4 is 5.32 Å². The molecule has 1 saturated carbocycles. The summed E-state index contributed by atoms with van der Waals surface area (Å²) in [7, 11) is 0. The molecule has 1 N–H and O–H groups in total. The Kier molecular flexibility index (Phi) is 3.15. The van der Waals surface area contributed by atoms with Gasteiger partial charge in [0.2, 0.25) is 0 Å². The van der Waals surface area contributed by atoms with Gasteiger partial charge in [-0.25, -0.2) is 0 Å². The first-order chi connectivity index (χ1) is 10.3. The summed E-state index contributed by atoms with van der Waals surface area (Å²) in [5.74, 6) is 0. The molecule has 0 bridgehead atoms. The highest BCUT2D eigenvalue weighted by atomic mass is 35.5. The summed E-state index contributed by atoms with van der Waals surface area (Å²) in [6, 6.07) is 10.5. The van der Waals surface area contributed by atoms with E-state index in [-0.39, 0.29) is 5.41 Å². The molecular weight excluding hydrogens is 280 g/mol. The van der Waals surface area contributed by atoms with Gasteiger partial charge < -0.3 is 5.32 Å². The molecule has 0 saturated heterocycles. The van der Waals surface area contributed by atoms with Crippen molar-refractivity contribution in [3.05, 3.63) is 58.4 Å². The standard InChI is InChI=1S/C18H19ClN2/c19-16-6-2-1-5-15(16)18(8-9-18)12-21-14-10-13-4-3-7-17(13)20-11-14/h1-2,5-6,10-11,21H,3-4,7-9,12H2. The minimum atomic E-state index is 0.220. The lowest BCUT2D eigenvalue weighted by Gasteiger charge is -2.19. The molecule has 3 heteroatoms. The Balaban J connectivity index is 1.51. The summed E-state index contributed by atoms with van der Waals surface area (Å²) in [5, 5.41) is 4.47. The van der Waals surface area contributed by atoms with Gasteiger partial charge in [-0.05, 0) is 55.4 Å². The number of aromatic nitrogens is 1. The van der Waals surface area contributed by atoms with Crippen LogP contribution in [0.15, 0.2) is 36.5 Å². The number of hydrogen-bond acceptors (Lipinski definition) is 2. The van der Waals surface area contributed by atoms with Crippen LogP contribution in [0.3, 0.4) is 0 Å². The maximum absolute atomic E-state index is 6.37. The molecule has 1 heterocycles. The van der Waals surface area contributed by atoms with Crippen LogP contribution in [0.4, 0.5) is 5.69 Å². The van der Waals surface area contributed by atoms with E-state index in [2.05, 4.69) is 28.5 Å². The van der Waals surface area contributed by atoms with Crippen LogP contribution in [0.2, 0.25) is 5.02 Å². The van der Waals surface area contributed by atoms with Gasteiger partial charge in [-0.1, -0.05) is 29.8 Å². The number of hydrogen-bond donors (Lipinski definition) is 1. The SMILES string of the molecule is Clc1ccccc1C1(CNc2cnc3c(c2)CCC3)CC1. The minimum Gasteiger partial charge on any atom is -0.383 e. The molecule has 1 aromatic carbocycles. The molecule has 2 aromatic rings. The molecule has 0 unspecified atom stereocenters. The van der Waals surface area contributed by atoms with Crippen LogP contribution in [0, 0.1) is 0 Å². The highest BCUT2D eigenvalue weighted by molar-refractivity contribution is 6.31. The van der Waals surface area contributed by atoms with Gasteiger partial charge in [0.15, 0.2) is 0 Å². The van der Waals surface area contributed by atoms with Gasteiger partial charge >= 0.3 is 0 Å². The molecule has 0 amide bonds. The molecule has 21 heavy (non-hydrogen) atoms. The first-order valence-corrected chi connectivity index (χ1v) is 8.11. The summed E-state index contributed by atoms with van der Waals surface area (Å²) in [6.07, 6.45) is 7.96. The summed E-state index contributed by atoms with van der Waals surface area (Å²) in [4.78, 5) is 4.58. The quantitative estimate of drug-likeness (QED) is 0.907. The van der Waals surface area contributed by atoms with E-state index in [4.69, 9.17) is 11.6 Å². The first-order valence-electron chi connectivity index (χ1n) is 7.74. The lowest BCUT2D eigenvalue weighted by atomic mass is 9.96. The molecule has 0 aliphatic heterocycles. The summed E-state index contributed by atoms with van der Waals surface area (Å²) < 4.78 is 0. The molecule has 0 atom stereocenters. The normalized spacial score (nSPS) is 18.3. The van der Waals surface area contributed by atoms with Crippen molar-refractivity contribution in [3.8, 4) is 0 Å². The van der Waals surface area contributed by atoms with Gasteiger partial charge in [0.05, 0.1) is 11.9 Å². The maximum Gasteiger partial charge on any atom is 0.0530 e. The van der Waals surface area contributed by atoms with Gasteiger partial charge in [-0.3, -0.25) is 4.98 Å². The van der Waals surface area contributed by atoms with Crippen molar-refractivity contribution in [2.45, 2.75) is 37.5 Å². The van der Waals surface area contributed by atoms with Crippen LogP contribution in [0.5, 0.6) is 0 Å². The molecule has 4 rings (SSSR count). The average Bonchev–Trinajstić information content (AvgIpc) is 3.14. The molecule has 0 radical (unpaired) electrons. The Labute approximate surface area is 130 Å². The first kappa shape index (κ1) is 13.1. The van der Waals surface area contributed by atoms with E-state index in [1.54, 1.807) is 0 Å². The van der Waals surface area contributed by atoms with E-state index >= 15 is 0 Å². The monoisotopic (exact) mass is 298 g/mol. The Hall–Kier alpha value is -1.54. The molecule has 0 spiro atoms. The Morgan fingerprint density at radius 1 is 1.19 bits per heavy atom. The maximum atomic E-state index is 6.37. The second-order valence-corrected chi connectivity index (χ2v) is 6.70. The number of nitrogens with zero attached hydrogens (tertiary/aromatic N) is 1. The summed E-state index contributed by atoms with van der Waals surface area (Å²) in [6.45, 7) is 0.942. The van der Waals surface area contributed by atoms with Gasteiger partial charge in [-0.2, -0.15) is 0 Å². The van der Waals surface area contributed by atoms with E-state index in [9.17, 15) is 0 Å².